The third-order valence-corrected chi connectivity index (χ3v) is 4.47. The monoisotopic (exact) mass is 407 g/mol. The van der Waals surface area contributed by atoms with Gasteiger partial charge in [-0.3, -0.25) is 9.59 Å². The first-order valence-electron chi connectivity index (χ1n) is 8.96. The lowest BCUT2D eigenvalue weighted by Gasteiger charge is -2.03. The van der Waals surface area contributed by atoms with E-state index in [9.17, 15) is 14.0 Å². The Bertz CT molecular complexity index is 847. The Balaban J connectivity index is 1.87. The number of benzene rings is 1. The first kappa shape index (κ1) is 21.6. The van der Waals surface area contributed by atoms with Crippen LogP contribution >= 0.6 is 11.6 Å². The Labute approximate surface area is 168 Å². The molecule has 1 aromatic heterocycles. The van der Waals surface area contributed by atoms with Crippen molar-refractivity contribution in [1.29, 1.82) is 0 Å². The molecule has 150 valence electrons. The first-order valence-corrected chi connectivity index (χ1v) is 9.34. The number of amides is 1. The van der Waals surface area contributed by atoms with Crippen molar-refractivity contribution in [2.45, 2.75) is 32.6 Å². The summed E-state index contributed by atoms with van der Waals surface area (Å²) in [6.07, 6.45) is 5.74. The summed E-state index contributed by atoms with van der Waals surface area (Å²) in [6, 6.07) is 5.82. The van der Waals surface area contributed by atoms with Crippen molar-refractivity contribution in [2.24, 2.45) is 0 Å². The molecule has 1 N–H and O–H groups in total. The lowest BCUT2D eigenvalue weighted by Crippen LogP contribution is -2.22. The summed E-state index contributed by atoms with van der Waals surface area (Å²) in [5, 5.41) is 7.47. The second-order valence-electron chi connectivity index (χ2n) is 6.19. The molecule has 0 aliphatic rings. The van der Waals surface area contributed by atoms with Crippen LogP contribution in [0.25, 0.3) is 11.8 Å². The number of carbonyl (C=O) groups excluding carboxylic acids is 2. The number of hydrogen-bond acceptors (Lipinski definition) is 4. The van der Waals surface area contributed by atoms with E-state index in [1.165, 1.54) is 30.0 Å². The molecule has 0 fully saturated rings. The van der Waals surface area contributed by atoms with Crippen molar-refractivity contribution in [1.82, 2.24) is 15.1 Å². The quantitative estimate of drug-likeness (QED) is 0.389. The van der Waals surface area contributed by atoms with Crippen molar-refractivity contribution in [2.75, 3.05) is 13.7 Å². The molecule has 0 atom stereocenters. The van der Waals surface area contributed by atoms with Crippen LogP contribution in [0.15, 0.2) is 30.3 Å². The highest BCUT2D eigenvalue weighted by molar-refractivity contribution is 6.31. The third kappa shape index (κ3) is 6.20. The largest absolute Gasteiger partial charge is 0.469 e. The SMILES string of the molecule is COC(=O)CCCCCNC(=O)/C=C/c1c(C)nn(-c2ccc(F)cc2)c1Cl. The molecule has 0 saturated heterocycles. The maximum atomic E-state index is 13.1. The fourth-order valence-electron chi connectivity index (χ4n) is 2.56. The number of unbranched alkanes of at least 4 members (excludes halogenated alkanes) is 2. The number of nitrogens with zero attached hydrogens (tertiary/aromatic N) is 2. The van der Waals surface area contributed by atoms with Gasteiger partial charge in [0.25, 0.3) is 0 Å². The zero-order valence-corrected chi connectivity index (χ0v) is 16.6. The molecule has 0 unspecified atom stereocenters. The number of esters is 1. The van der Waals surface area contributed by atoms with Gasteiger partial charge in [-0.15, -0.1) is 0 Å². The van der Waals surface area contributed by atoms with E-state index in [4.69, 9.17) is 11.6 Å². The van der Waals surface area contributed by atoms with Gasteiger partial charge < -0.3 is 10.1 Å². The zero-order valence-electron chi connectivity index (χ0n) is 15.9. The number of ether oxygens (including phenoxy) is 1. The molecule has 1 heterocycles. The smallest absolute Gasteiger partial charge is 0.305 e. The molecule has 8 heteroatoms. The molecule has 6 nitrogen and oxygen atoms in total. The number of methoxy groups -OCH3 is 1. The van der Waals surface area contributed by atoms with Gasteiger partial charge in [0.05, 0.1) is 18.5 Å². The minimum Gasteiger partial charge on any atom is -0.469 e. The number of carbonyl (C=O) groups is 2. The molecule has 0 aliphatic heterocycles. The van der Waals surface area contributed by atoms with Gasteiger partial charge in [0.1, 0.15) is 11.0 Å². The minimum absolute atomic E-state index is 0.222. The molecule has 0 spiro atoms. The number of aromatic nitrogens is 2. The summed E-state index contributed by atoms with van der Waals surface area (Å²) in [5.41, 5.74) is 1.91. The van der Waals surface area contributed by atoms with Crippen molar-refractivity contribution >= 4 is 29.6 Å². The van der Waals surface area contributed by atoms with Gasteiger partial charge in [-0.2, -0.15) is 5.10 Å². The van der Waals surface area contributed by atoms with E-state index in [1.807, 2.05) is 0 Å². The molecular formula is C20H23ClFN3O3. The summed E-state index contributed by atoms with van der Waals surface area (Å²) >= 11 is 6.37. The predicted molar refractivity (Wildman–Crippen MR) is 106 cm³/mol. The van der Waals surface area contributed by atoms with E-state index in [1.54, 1.807) is 25.1 Å². The van der Waals surface area contributed by atoms with Crippen LogP contribution in [0.2, 0.25) is 5.15 Å². The van der Waals surface area contributed by atoms with Crippen LogP contribution in [0.3, 0.4) is 0 Å². The molecule has 0 saturated carbocycles. The molecular weight excluding hydrogens is 385 g/mol. The molecule has 2 rings (SSSR count). The zero-order chi connectivity index (χ0) is 20.5. The summed E-state index contributed by atoms with van der Waals surface area (Å²) in [5.74, 6) is -0.802. The van der Waals surface area contributed by atoms with E-state index in [2.05, 4.69) is 15.2 Å². The Morgan fingerprint density at radius 3 is 2.64 bits per heavy atom. The highest BCUT2D eigenvalue weighted by atomic mass is 35.5. The number of nitrogens with one attached hydrogen (secondary N) is 1. The number of aryl methyl sites for hydroxylation is 1. The molecule has 1 amide bonds. The van der Waals surface area contributed by atoms with E-state index in [0.29, 0.717) is 35.1 Å². The van der Waals surface area contributed by atoms with Gasteiger partial charge in [0.2, 0.25) is 5.91 Å². The van der Waals surface area contributed by atoms with E-state index >= 15 is 0 Å². The maximum Gasteiger partial charge on any atom is 0.305 e. The topological polar surface area (TPSA) is 73.2 Å². The van der Waals surface area contributed by atoms with Crippen molar-refractivity contribution in [3.63, 3.8) is 0 Å². The lowest BCUT2D eigenvalue weighted by molar-refractivity contribution is -0.140. The molecule has 0 radical (unpaired) electrons. The molecule has 0 aliphatic carbocycles. The second kappa shape index (κ2) is 10.6. The van der Waals surface area contributed by atoms with E-state index < -0.39 is 0 Å². The lowest BCUT2D eigenvalue weighted by atomic mass is 10.2. The maximum absolute atomic E-state index is 13.1. The molecule has 1 aromatic carbocycles. The van der Waals surface area contributed by atoms with Crippen molar-refractivity contribution < 1.29 is 18.7 Å². The second-order valence-corrected chi connectivity index (χ2v) is 6.55. The Morgan fingerprint density at radius 2 is 1.96 bits per heavy atom. The number of rotatable bonds is 9. The minimum atomic E-state index is -0.342. The third-order valence-electron chi connectivity index (χ3n) is 4.11. The Morgan fingerprint density at radius 1 is 1.25 bits per heavy atom. The fraction of sp³-hybridized carbons (Fsp3) is 0.350. The highest BCUT2D eigenvalue weighted by Gasteiger charge is 2.13. The van der Waals surface area contributed by atoms with Crippen LogP contribution in [0, 0.1) is 12.7 Å². The number of hydrogen-bond donors (Lipinski definition) is 1. The molecule has 0 bridgehead atoms. The van der Waals surface area contributed by atoms with Crippen molar-refractivity contribution in [3.8, 4) is 5.69 Å². The number of halogens is 2. The average Bonchev–Trinajstić information content (AvgIpc) is 2.97. The van der Waals surface area contributed by atoms with Crippen LogP contribution < -0.4 is 5.32 Å². The summed E-state index contributed by atoms with van der Waals surface area (Å²) in [6.45, 7) is 2.30. The normalized spacial score (nSPS) is 11.0. The van der Waals surface area contributed by atoms with Gasteiger partial charge in [0.15, 0.2) is 0 Å². The standard InChI is InChI=1S/C20H23ClFN3O3/c1-14-17(20(21)25(24-14)16-9-7-15(22)8-10-16)11-12-18(26)23-13-5-3-4-6-19(27)28-2/h7-12H,3-6,13H2,1-2H3,(H,23,26)/b12-11+. The molecule has 2 aromatic rings. The van der Waals surface area contributed by atoms with E-state index in [0.717, 1.165) is 19.3 Å². The average molecular weight is 408 g/mol. The van der Waals surface area contributed by atoms with E-state index in [-0.39, 0.29) is 17.7 Å². The van der Waals surface area contributed by atoms with Crippen LogP contribution in [-0.2, 0) is 14.3 Å². The van der Waals surface area contributed by atoms with Gasteiger partial charge >= 0.3 is 5.97 Å². The van der Waals surface area contributed by atoms with Crippen molar-refractivity contribution in [3.05, 3.63) is 52.6 Å². The first-order chi connectivity index (χ1) is 13.4. The van der Waals surface area contributed by atoms with Crippen LogP contribution in [0.5, 0.6) is 0 Å². The van der Waals surface area contributed by atoms with Crippen LogP contribution in [0.4, 0.5) is 4.39 Å². The molecule has 28 heavy (non-hydrogen) atoms. The van der Waals surface area contributed by atoms with Gasteiger partial charge in [-0.05, 0) is 50.1 Å². The van der Waals surface area contributed by atoms with Gasteiger partial charge in [0, 0.05) is 24.6 Å². The van der Waals surface area contributed by atoms with Gasteiger partial charge in [-0.25, -0.2) is 9.07 Å². The van der Waals surface area contributed by atoms with Crippen LogP contribution in [0.1, 0.15) is 36.9 Å². The highest BCUT2D eigenvalue weighted by Crippen LogP contribution is 2.24. The predicted octanol–water partition coefficient (Wildman–Crippen LogP) is 3.84. The fourth-order valence-corrected chi connectivity index (χ4v) is 2.89. The summed E-state index contributed by atoms with van der Waals surface area (Å²) < 4.78 is 19.1. The van der Waals surface area contributed by atoms with Crippen LogP contribution in [-0.4, -0.2) is 35.3 Å². The Kier molecular flexibility index (Phi) is 8.19. The summed E-state index contributed by atoms with van der Waals surface area (Å²) in [4.78, 5) is 23.0. The van der Waals surface area contributed by atoms with Gasteiger partial charge in [-0.1, -0.05) is 18.0 Å². The summed E-state index contributed by atoms with van der Waals surface area (Å²) in [7, 11) is 1.37. The Hall–Kier alpha value is -2.67.